The van der Waals surface area contributed by atoms with Crippen LogP contribution in [0.25, 0.3) is 0 Å². The molecule has 10 heteroatoms. The maximum atomic E-state index is 13.2. The third-order valence-electron chi connectivity index (χ3n) is 7.36. The van der Waals surface area contributed by atoms with Crippen LogP contribution in [0.2, 0.25) is 0 Å². The van der Waals surface area contributed by atoms with Gasteiger partial charge in [0.25, 0.3) is 0 Å². The molecule has 0 bridgehead atoms. The Morgan fingerprint density at radius 1 is 0.878 bits per heavy atom. The molecule has 1 amide bonds. The van der Waals surface area contributed by atoms with Gasteiger partial charge in [0, 0.05) is 0 Å². The Morgan fingerprint density at radius 2 is 1.46 bits per heavy atom. The number of nitrogens with zero attached hydrogens (tertiary/aromatic N) is 1. The van der Waals surface area contributed by atoms with E-state index in [1.165, 1.54) is 0 Å². The summed E-state index contributed by atoms with van der Waals surface area (Å²) in [6.07, 6.45) is -1.21. The van der Waals surface area contributed by atoms with E-state index in [0.717, 1.165) is 23.7 Å². The predicted molar refractivity (Wildman–Crippen MR) is 163 cm³/mol. The first-order valence-electron chi connectivity index (χ1n) is 14.1. The Kier molecular flexibility index (Phi) is 12.6. The van der Waals surface area contributed by atoms with Crippen molar-refractivity contribution in [3.63, 3.8) is 0 Å². The molecule has 1 aliphatic heterocycles. The number of carbonyl (C=O) groups is 1. The second-order valence-corrected chi connectivity index (χ2v) is 11.9. The Balaban J connectivity index is 1.42. The van der Waals surface area contributed by atoms with Crippen LogP contribution in [0.15, 0.2) is 91.0 Å². The van der Waals surface area contributed by atoms with Gasteiger partial charge in [-0.05, 0) is 0 Å². The van der Waals surface area contributed by atoms with Crippen LogP contribution >= 0.6 is 8.46 Å². The second kappa shape index (κ2) is 16.6. The number of amides is 1. The Hall–Kier alpha value is -2.83. The van der Waals surface area contributed by atoms with Crippen molar-refractivity contribution < 1.29 is 28.4 Å². The quantitative estimate of drug-likeness (QED) is 0.147. The van der Waals surface area contributed by atoms with Crippen molar-refractivity contribution in [2.24, 2.45) is 11.8 Å². The molecule has 0 spiro atoms. The molecule has 3 unspecified atom stereocenters. The van der Waals surface area contributed by atoms with Crippen molar-refractivity contribution in [3.8, 4) is 0 Å². The summed E-state index contributed by atoms with van der Waals surface area (Å²) in [6, 6.07) is 29.4. The average molecular weight is 573 g/mol. The first kappa shape index (κ1) is 31.1. The zero-order valence-electron chi connectivity index (χ0n) is 23.8. The number of carbonyl (C=O) groups excluding carboxylic acids is 1. The maximum absolute atomic E-state index is 13.2. The van der Waals surface area contributed by atoms with Gasteiger partial charge in [-0.15, -0.1) is 0 Å². The number of hydrogen-bond donors (Lipinski definition) is 0. The van der Waals surface area contributed by atoms with Gasteiger partial charge in [-0.3, -0.25) is 0 Å². The van der Waals surface area contributed by atoms with Gasteiger partial charge in [0.1, 0.15) is 0 Å². The van der Waals surface area contributed by atoms with Crippen molar-refractivity contribution in [1.29, 1.82) is 0 Å². The van der Waals surface area contributed by atoms with Crippen LogP contribution in [-0.4, -0.2) is 56.3 Å². The fourth-order valence-electron chi connectivity index (χ4n) is 5.05. The molecule has 6 atom stereocenters. The minimum atomic E-state index is -0.555. The zero-order chi connectivity index (χ0) is 28.9. The molecule has 0 N–H and O–H groups in total. The third kappa shape index (κ3) is 9.61. The standard InChI is InChI=1S/C31H38B2NO6P/c1-23-28(21-37-19-26-14-8-4-9-15-26)40-30(24(2)29(23)41-33-32-36)39-22-34(18-25-12-6-3-7-13-25)31(35)38-20-27-16-10-5-11-17-27/h3-17,23-24,28-30,33,41H,18-22H2,1-2H3/t23-,24?,28?,29+,30+/m1/s1. The molecule has 3 aromatic rings. The van der Waals surface area contributed by atoms with E-state index in [-0.39, 0.29) is 36.9 Å². The molecular weight excluding hydrogens is 535 g/mol. The van der Waals surface area contributed by atoms with Crippen LogP contribution in [0.1, 0.15) is 30.5 Å². The van der Waals surface area contributed by atoms with Crippen molar-refractivity contribution in [2.45, 2.75) is 51.7 Å². The van der Waals surface area contributed by atoms with Gasteiger partial charge >= 0.3 is 210 Å². The fourth-order valence-corrected chi connectivity index (χ4v) is 6.53. The van der Waals surface area contributed by atoms with Crippen molar-refractivity contribution in [3.05, 3.63) is 108 Å². The predicted octanol–water partition coefficient (Wildman–Crippen LogP) is 5.38. The third-order valence-corrected chi connectivity index (χ3v) is 9.29. The summed E-state index contributed by atoms with van der Waals surface area (Å²) in [5.41, 5.74) is 3.22. The van der Waals surface area contributed by atoms with Gasteiger partial charge < -0.3 is 0 Å². The monoisotopic (exact) mass is 573 g/mol. The summed E-state index contributed by atoms with van der Waals surface area (Å²) in [7, 11) is 1.44. The van der Waals surface area contributed by atoms with Crippen LogP contribution in [0.5, 0.6) is 0 Å². The Labute approximate surface area is 246 Å². The molecule has 1 saturated heterocycles. The minimum absolute atomic E-state index is 0.00695. The number of ether oxygens (including phenoxy) is 4. The molecule has 41 heavy (non-hydrogen) atoms. The summed E-state index contributed by atoms with van der Waals surface area (Å²) < 4.78 is 35.7. The molecule has 214 valence electrons. The fraction of sp³-hybridized carbons (Fsp3) is 0.387. The number of benzene rings is 3. The second-order valence-electron chi connectivity index (χ2n) is 10.4. The summed E-state index contributed by atoms with van der Waals surface area (Å²) in [4.78, 5) is 14.8. The van der Waals surface area contributed by atoms with Crippen LogP contribution in [0, 0.1) is 11.8 Å². The normalized spacial score (nSPS) is 22.2. The van der Waals surface area contributed by atoms with Crippen molar-refractivity contribution in [2.75, 3.05) is 13.3 Å². The van der Waals surface area contributed by atoms with E-state index in [1.807, 2.05) is 91.0 Å². The summed E-state index contributed by atoms with van der Waals surface area (Å²) in [5, 5.41) is 0. The van der Waals surface area contributed by atoms with Gasteiger partial charge in [0.2, 0.25) is 0 Å². The van der Waals surface area contributed by atoms with Crippen LogP contribution in [0.3, 0.4) is 0 Å². The summed E-state index contributed by atoms with van der Waals surface area (Å²) in [5.74, 6) is 0.225. The molecule has 0 aliphatic carbocycles. The molecule has 1 aliphatic rings. The topological polar surface area (TPSA) is 74.3 Å². The molecular formula is C31H38B2NO6P. The first-order chi connectivity index (χ1) is 20.0. The van der Waals surface area contributed by atoms with Gasteiger partial charge in [0.05, 0.1) is 0 Å². The van der Waals surface area contributed by atoms with E-state index in [2.05, 4.69) is 13.8 Å². The van der Waals surface area contributed by atoms with Crippen molar-refractivity contribution in [1.82, 2.24) is 4.90 Å². The van der Waals surface area contributed by atoms with Gasteiger partial charge in [-0.25, -0.2) is 0 Å². The van der Waals surface area contributed by atoms with E-state index in [1.54, 1.807) is 4.90 Å². The van der Waals surface area contributed by atoms with Gasteiger partial charge in [-0.1, -0.05) is 36.4 Å². The summed E-state index contributed by atoms with van der Waals surface area (Å²) in [6.45, 7) is 6.20. The molecule has 0 saturated carbocycles. The molecule has 1 heterocycles. The van der Waals surface area contributed by atoms with E-state index < -0.39 is 12.4 Å². The van der Waals surface area contributed by atoms with E-state index in [0.29, 0.717) is 35.1 Å². The van der Waals surface area contributed by atoms with Crippen LogP contribution < -0.4 is 0 Å². The zero-order valence-corrected chi connectivity index (χ0v) is 24.8. The SMILES string of the molecule is CC1[C@@H](OCN(Cc2ccccc2)C(=O)OCc2ccccc2)OC(COCc2ccccc2)[C@@H](C)[C@@H]1PBB=O. The van der Waals surface area contributed by atoms with Gasteiger partial charge in [0.15, 0.2) is 0 Å². The number of hydrogen-bond acceptors (Lipinski definition) is 6. The molecule has 1 fully saturated rings. The van der Waals surface area contributed by atoms with E-state index in [4.69, 9.17) is 18.9 Å². The Bertz CT molecular complexity index is 1190. The van der Waals surface area contributed by atoms with Crippen LogP contribution in [0.4, 0.5) is 4.79 Å². The molecule has 0 radical (unpaired) electrons. The van der Waals surface area contributed by atoms with Gasteiger partial charge in [-0.2, -0.15) is 0 Å². The molecule has 3 aromatic carbocycles. The average Bonchev–Trinajstić information content (AvgIpc) is 3.01. The van der Waals surface area contributed by atoms with Crippen LogP contribution in [-0.2, 0) is 43.4 Å². The first-order valence-corrected chi connectivity index (χ1v) is 15.4. The van der Waals surface area contributed by atoms with Crippen molar-refractivity contribution >= 4 is 28.5 Å². The molecule has 0 aromatic heterocycles. The van der Waals surface area contributed by atoms with E-state index >= 15 is 0 Å². The Morgan fingerprint density at radius 3 is 2.07 bits per heavy atom. The van der Waals surface area contributed by atoms with E-state index in [9.17, 15) is 9.50 Å². The molecule has 7 nitrogen and oxygen atoms in total. The summed E-state index contributed by atoms with van der Waals surface area (Å²) >= 11 is 0. The number of rotatable bonds is 14. The molecule has 4 rings (SSSR count).